The van der Waals surface area contributed by atoms with E-state index in [1.807, 2.05) is 0 Å². The quantitative estimate of drug-likeness (QED) is 0.554. The summed E-state index contributed by atoms with van der Waals surface area (Å²) >= 11 is 0. The van der Waals surface area contributed by atoms with Gasteiger partial charge in [0.05, 0.1) is 6.54 Å². The summed E-state index contributed by atoms with van der Waals surface area (Å²) in [6, 6.07) is 6.79. The summed E-state index contributed by atoms with van der Waals surface area (Å²) in [5, 5.41) is 3.08. The monoisotopic (exact) mass is 358 g/mol. The molecule has 3 N–H and O–H groups in total. The lowest BCUT2D eigenvalue weighted by Crippen LogP contribution is -2.42. The number of nitrogens with one attached hydrogen (secondary N) is 1. The lowest BCUT2D eigenvalue weighted by atomic mass is 10.2. The summed E-state index contributed by atoms with van der Waals surface area (Å²) in [6.45, 7) is 6.27. The molecule has 0 aromatic heterocycles. The second-order valence-electron chi connectivity index (χ2n) is 6.38. The molecule has 5 nitrogen and oxygen atoms in total. The maximum atomic E-state index is 12.1. The number of benzene rings is 1. The molecule has 0 atom stereocenters. The number of nitrogens with two attached hydrogens (primary N) is 1. The molecule has 8 heteroatoms. The average Bonchev–Trinajstić information content (AvgIpc) is 3.33. The number of alkyl halides is 3. The first kappa shape index (κ1) is 19.4. The number of halogens is 3. The highest BCUT2D eigenvalue weighted by Gasteiger charge is 2.31. The molecule has 0 radical (unpaired) electrons. The SMILES string of the molecule is CC(C)N(CCNC(N)=NCc1ccc(OC(F)(F)F)cc1)C1CC1. The molecule has 1 aliphatic rings. The molecule has 1 aromatic carbocycles. The third-order valence-corrected chi connectivity index (χ3v) is 3.94. The van der Waals surface area contributed by atoms with Crippen LogP contribution in [0, 0.1) is 0 Å². The highest BCUT2D eigenvalue weighted by molar-refractivity contribution is 5.77. The van der Waals surface area contributed by atoms with Crippen LogP contribution in [-0.4, -0.2) is 42.4 Å². The van der Waals surface area contributed by atoms with E-state index >= 15 is 0 Å². The topological polar surface area (TPSA) is 62.9 Å². The van der Waals surface area contributed by atoms with Crippen LogP contribution < -0.4 is 15.8 Å². The van der Waals surface area contributed by atoms with Crippen LogP contribution in [0.5, 0.6) is 5.75 Å². The molecular weight excluding hydrogens is 333 g/mol. The Kier molecular flexibility index (Phi) is 6.52. The number of hydrogen-bond acceptors (Lipinski definition) is 3. The van der Waals surface area contributed by atoms with E-state index in [4.69, 9.17) is 5.73 Å². The Morgan fingerprint density at radius 2 is 1.96 bits per heavy atom. The van der Waals surface area contributed by atoms with Gasteiger partial charge in [-0.1, -0.05) is 12.1 Å². The minimum absolute atomic E-state index is 0.250. The zero-order valence-corrected chi connectivity index (χ0v) is 14.5. The average molecular weight is 358 g/mol. The molecular formula is C17H25F3N4O. The summed E-state index contributed by atoms with van der Waals surface area (Å²) in [4.78, 5) is 6.65. The Hall–Kier alpha value is -1.96. The van der Waals surface area contributed by atoms with Crippen molar-refractivity contribution < 1.29 is 17.9 Å². The van der Waals surface area contributed by atoms with Crippen molar-refractivity contribution in [2.24, 2.45) is 10.7 Å². The van der Waals surface area contributed by atoms with E-state index in [1.165, 1.54) is 37.1 Å². The molecule has 140 valence electrons. The molecule has 25 heavy (non-hydrogen) atoms. The fourth-order valence-corrected chi connectivity index (χ4v) is 2.61. The highest BCUT2D eigenvalue weighted by atomic mass is 19.4. The third-order valence-electron chi connectivity index (χ3n) is 3.94. The number of ether oxygens (including phenoxy) is 1. The first-order chi connectivity index (χ1) is 11.7. The first-order valence-corrected chi connectivity index (χ1v) is 8.39. The molecule has 1 aliphatic carbocycles. The van der Waals surface area contributed by atoms with Crippen molar-refractivity contribution in [1.82, 2.24) is 10.2 Å². The molecule has 0 bridgehead atoms. The number of nitrogens with zero attached hydrogens (tertiary/aromatic N) is 2. The van der Waals surface area contributed by atoms with Crippen molar-refractivity contribution in [2.45, 2.75) is 51.7 Å². The standard InChI is InChI=1S/C17H25F3N4O/c1-12(2)24(14-5-6-14)10-9-22-16(21)23-11-13-3-7-15(8-4-13)25-17(18,19)20/h3-4,7-8,12,14H,5-6,9-11H2,1-2H3,(H3,21,22,23). The Bertz CT molecular complexity index is 566. The van der Waals surface area contributed by atoms with Crippen molar-refractivity contribution in [3.8, 4) is 5.75 Å². The molecule has 0 aliphatic heterocycles. The first-order valence-electron chi connectivity index (χ1n) is 8.39. The maximum Gasteiger partial charge on any atom is 0.573 e. The van der Waals surface area contributed by atoms with Crippen LogP contribution >= 0.6 is 0 Å². The third kappa shape index (κ3) is 7.21. The zero-order valence-electron chi connectivity index (χ0n) is 14.5. The predicted molar refractivity (Wildman–Crippen MR) is 91.3 cm³/mol. The van der Waals surface area contributed by atoms with Crippen LogP contribution in [0.2, 0.25) is 0 Å². The minimum atomic E-state index is -4.68. The molecule has 0 spiro atoms. The van der Waals surface area contributed by atoms with E-state index in [1.54, 1.807) is 0 Å². The van der Waals surface area contributed by atoms with E-state index in [-0.39, 0.29) is 5.75 Å². The van der Waals surface area contributed by atoms with Gasteiger partial charge in [0, 0.05) is 25.2 Å². The van der Waals surface area contributed by atoms with Gasteiger partial charge >= 0.3 is 6.36 Å². The van der Waals surface area contributed by atoms with E-state index in [0.29, 0.717) is 31.1 Å². The van der Waals surface area contributed by atoms with Gasteiger partial charge in [0.1, 0.15) is 5.75 Å². The number of aliphatic imine (C=N–C) groups is 1. The Morgan fingerprint density at radius 3 is 2.48 bits per heavy atom. The predicted octanol–water partition coefficient (Wildman–Crippen LogP) is 2.86. The summed E-state index contributed by atoms with van der Waals surface area (Å²) in [7, 11) is 0. The van der Waals surface area contributed by atoms with Crippen LogP contribution in [-0.2, 0) is 6.54 Å². The van der Waals surface area contributed by atoms with E-state index < -0.39 is 6.36 Å². The second kappa shape index (κ2) is 8.42. The normalized spacial score (nSPS) is 15.7. The number of hydrogen-bond donors (Lipinski definition) is 2. The largest absolute Gasteiger partial charge is 0.573 e. The minimum Gasteiger partial charge on any atom is -0.406 e. The number of rotatable bonds is 8. The molecule has 1 saturated carbocycles. The van der Waals surface area contributed by atoms with Gasteiger partial charge in [-0.25, -0.2) is 4.99 Å². The van der Waals surface area contributed by atoms with Crippen molar-refractivity contribution in [2.75, 3.05) is 13.1 Å². The molecule has 1 fully saturated rings. The van der Waals surface area contributed by atoms with E-state index in [2.05, 4.69) is 33.8 Å². The van der Waals surface area contributed by atoms with Gasteiger partial charge in [-0.3, -0.25) is 4.90 Å². The van der Waals surface area contributed by atoms with Crippen LogP contribution in [0.15, 0.2) is 29.3 Å². The lowest BCUT2D eigenvalue weighted by molar-refractivity contribution is -0.274. The van der Waals surface area contributed by atoms with Crippen molar-refractivity contribution in [3.63, 3.8) is 0 Å². The zero-order chi connectivity index (χ0) is 18.4. The van der Waals surface area contributed by atoms with Crippen LogP contribution in [0.3, 0.4) is 0 Å². The molecule has 0 heterocycles. The maximum absolute atomic E-state index is 12.1. The van der Waals surface area contributed by atoms with Crippen molar-refractivity contribution in [3.05, 3.63) is 29.8 Å². The van der Waals surface area contributed by atoms with E-state index in [9.17, 15) is 13.2 Å². The van der Waals surface area contributed by atoms with Crippen molar-refractivity contribution >= 4 is 5.96 Å². The molecule has 0 amide bonds. The van der Waals surface area contributed by atoms with Crippen LogP contribution in [0.25, 0.3) is 0 Å². The van der Waals surface area contributed by atoms with E-state index in [0.717, 1.165) is 12.1 Å². The molecule has 1 aromatic rings. The van der Waals surface area contributed by atoms with Gasteiger partial charge < -0.3 is 15.8 Å². The van der Waals surface area contributed by atoms with Crippen LogP contribution in [0.1, 0.15) is 32.3 Å². The van der Waals surface area contributed by atoms with Crippen LogP contribution in [0.4, 0.5) is 13.2 Å². The van der Waals surface area contributed by atoms with Gasteiger partial charge in [-0.2, -0.15) is 0 Å². The van der Waals surface area contributed by atoms with Gasteiger partial charge in [0.15, 0.2) is 5.96 Å². The van der Waals surface area contributed by atoms with Gasteiger partial charge in [-0.15, -0.1) is 13.2 Å². The fourth-order valence-electron chi connectivity index (χ4n) is 2.61. The summed E-state index contributed by atoms with van der Waals surface area (Å²) < 4.78 is 40.1. The Balaban J connectivity index is 1.74. The smallest absolute Gasteiger partial charge is 0.406 e. The molecule has 0 saturated heterocycles. The molecule has 2 rings (SSSR count). The Morgan fingerprint density at radius 1 is 1.32 bits per heavy atom. The summed E-state index contributed by atoms with van der Waals surface area (Å²) in [5.41, 5.74) is 6.59. The van der Waals surface area contributed by atoms with Gasteiger partial charge in [0.25, 0.3) is 0 Å². The van der Waals surface area contributed by atoms with Crippen molar-refractivity contribution in [1.29, 1.82) is 0 Å². The fraction of sp³-hybridized carbons (Fsp3) is 0.588. The summed E-state index contributed by atoms with van der Waals surface area (Å²) in [5.74, 6) is 0.0790. The number of guanidine groups is 1. The lowest BCUT2D eigenvalue weighted by Gasteiger charge is -2.26. The second-order valence-corrected chi connectivity index (χ2v) is 6.38. The highest BCUT2D eigenvalue weighted by Crippen LogP contribution is 2.28. The Labute approximate surface area is 146 Å². The van der Waals surface area contributed by atoms with Gasteiger partial charge in [0.2, 0.25) is 0 Å². The molecule has 0 unspecified atom stereocenters. The van der Waals surface area contributed by atoms with Gasteiger partial charge in [-0.05, 0) is 44.4 Å². The summed E-state index contributed by atoms with van der Waals surface area (Å²) in [6.07, 6.45) is -2.16.